The summed E-state index contributed by atoms with van der Waals surface area (Å²) in [7, 11) is 1.72. The topological polar surface area (TPSA) is 55.6 Å². The fourth-order valence-corrected chi connectivity index (χ4v) is 2.87. The predicted molar refractivity (Wildman–Crippen MR) is 83.8 cm³/mol. The van der Waals surface area contributed by atoms with Crippen LogP contribution in [0.4, 0.5) is 0 Å². The number of carbonyl (C=O) groups is 1. The van der Waals surface area contributed by atoms with Crippen LogP contribution >= 0.6 is 0 Å². The summed E-state index contributed by atoms with van der Waals surface area (Å²) >= 11 is 0. The first kappa shape index (κ1) is 16.0. The van der Waals surface area contributed by atoms with Gasteiger partial charge in [-0.1, -0.05) is 37.3 Å². The fourth-order valence-electron chi connectivity index (χ4n) is 2.87. The third kappa shape index (κ3) is 4.29. The summed E-state index contributed by atoms with van der Waals surface area (Å²) in [6, 6.07) is 9.88. The van der Waals surface area contributed by atoms with Crippen LogP contribution in [0.5, 0.6) is 0 Å². The molecule has 4 heteroatoms. The molecule has 1 saturated heterocycles. The third-order valence-electron chi connectivity index (χ3n) is 4.44. The molecule has 1 aromatic carbocycles. The Balaban J connectivity index is 1.82. The Morgan fingerprint density at radius 3 is 2.81 bits per heavy atom. The Bertz CT molecular complexity index is 449. The van der Waals surface area contributed by atoms with Gasteiger partial charge in [-0.05, 0) is 24.3 Å². The summed E-state index contributed by atoms with van der Waals surface area (Å²) in [5.74, 6) is 0.709. The number of piperidine rings is 1. The minimum atomic E-state index is -0.0721. The van der Waals surface area contributed by atoms with Crippen molar-refractivity contribution in [2.75, 3.05) is 20.2 Å². The maximum absolute atomic E-state index is 12.3. The van der Waals surface area contributed by atoms with Crippen molar-refractivity contribution in [1.29, 1.82) is 0 Å². The van der Waals surface area contributed by atoms with Gasteiger partial charge in [-0.25, -0.2) is 0 Å². The Labute approximate surface area is 127 Å². The summed E-state index contributed by atoms with van der Waals surface area (Å²) in [4.78, 5) is 14.2. The number of likely N-dealkylation sites (tertiary alicyclic amines) is 1. The summed E-state index contributed by atoms with van der Waals surface area (Å²) < 4.78 is 5.46. The lowest BCUT2D eigenvalue weighted by Gasteiger charge is -2.36. The van der Waals surface area contributed by atoms with E-state index in [0.717, 1.165) is 18.5 Å². The van der Waals surface area contributed by atoms with Gasteiger partial charge in [0.15, 0.2) is 0 Å². The molecule has 1 fully saturated rings. The summed E-state index contributed by atoms with van der Waals surface area (Å²) in [5.41, 5.74) is 7.24. The Hall–Kier alpha value is -1.39. The van der Waals surface area contributed by atoms with Crippen molar-refractivity contribution in [1.82, 2.24) is 4.90 Å². The number of nitrogens with two attached hydrogens (primary N) is 1. The van der Waals surface area contributed by atoms with Crippen molar-refractivity contribution >= 4 is 5.91 Å². The molecule has 1 aliphatic rings. The van der Waals surface area contributed by atoms with Crippen molar-refractivity contribution in [3.8, 4) is 0 Å². The zero-order valence-electron chi connectivity index (χ0n) is 13.0. The Morgan fingerprint density at radius 2 is 2.14 bits per heavy atom. The lowest BCUT2D eigenvalue weighted by atomic mass is 9.95. The van der Waals surface area contributed by atoms with Gasteiger partial charge in [-0.15, -0.1) is 0 Å². The Morgan fingerprint density at radius 1 is 1.43 bits per heavy atom. The van der Waals surface area contributed by atoms with Crippen LogP contribution in [0.3, 0.4) is 0 Å². The maximum atomic E-state index is 12.3. The van der Waals surface area contributed by atoms with Crippen molar-refractivity contribution in [3.05, 3.63) is 35.9 Å². The fraction of sp³-hybridized carbons (Fsp3) is 0.588. The molecule has 4 nitrogen and oxygen atoms in total. The zero-order chi connectivity index (χ0) is 15.2. The first-order valence-electron chi connectivity index (χ1n) is 7.73. The summed E-state index contributed by atoms with van der Waals surface area (Å²) in [6.45, 7) is 3.72. The van der Waals surface area contributed by atoms with E-state index in [1.165, 1.54) is 0 Å². The molecule has 0 aromatic heterocycles. The molecule has 116 valence electrons. The van der Waals surface area contributed by atoms with Crippen LogP contribution in [0, 0.1) is 5.92 Å². The van der Waals surface area contributed by atoms with E-state index in [-0.39, 0.29) is 18.1 Å². The first-order chi connectivity index (χ1) is 10.1. The van der Waals surface area contributed by atoms with E-state index in [9.17, 15) is 4.79 Å². The average Bonchev–Trinajstić information content (AvgIpc) is 2.53. The van der Waals surface area contributed by atoms with Crippen LogP contribution in [0.2, 0.25) is 0 Å². The van der Waals surface area contributed by atoms with Crippen LogP contribution in [0.15, 0.2) is 30.3 Å². The van der Waals surface area contributed by atoms with Crippen molar-refractivity contribution < 1.29 is 9.53 Å². The summed E-state index contributed by atoms with van der Waals surface area (Å²) in [6.07, 6.45) is 2.35. The first-order valence-corrected chi connectivity index (χ1v) is 7.73. The minimum absolute atomic E-state index is 0.0721. The zero-order valence-corrected chi connectivity index (χ0v) is 13.0. The molecule has 0 saturated carbocycles. The average molecular weight is 290 g/mol. The molecule has 3 atom stereocenters. The van der Waals surface area contributed by atoms with E-state index in [1.807, 2.05) is 35.2 Å². The molecular weight excluding hydrogens is 264 g/mol. The molecule has 1 aliphatic heterocycles. The number of amides is 1. The van der Waals surface area contributed by atoms with Crippen molar-refractivity contribution in [2.45, 2.75) is 38.3 Å². The minimum Gasteiger partial charge on any atom is -0.379 e. The highest BCUT2D eigenvalue weighted by atomic mass is 16.5. The van der Waals surface area contributed by atoms with Crippen LogP contribution in [-0.4, -0.2) is 37.1 Å². The van der Waals surface area contributed by atoms with Gasteiger partial charge in [-0.2, -0.15) is 0 Å². The van der Waals surface area contributed by atoms with Crippen LogP contribution in [0.25, 0.3) is 0 Å². The van der Waals surface area contributed by atoms with Crippen molar-refractivity contribution in [2.24, 2.45) is 11.7 Å². The number of nitrogens with zero attached hydrogens (tertiary/aromatic N) is 1. The van der Waals surface area contributed by atoms with Gasteiger partial charge in [0, 0.05) is 32.7 Å². The number of ether oxygens (including phenoxy) is 1. The molecule has 0 aliphatic carbocycles. The van der Waals surface area contributed by atoms with E-state index in [0.29, 0.717) is 25.3 Å². The molecule has 21 heavy (non-hydrogen) atoms. The number of benzene rings is 1. The monoisotopic (exact) mass is 290 g/mol. The standard InChI is InChI=1S/C17H26N2O2/c1-13-10-11-19(12-16(13)21-2)17(20)9-8-15(18)14-6-4-3-5-7-14/h3-7,13,15-16H,8-12,18H2,1-2H3. The highest BCUT2D eigenvalue weighted by Gasteiger charge is 2.28. The van der Waals surface area contributed by atoms with Crippen molar-refractivity contribution in [3.63, 3.8) is 0 Å². The second-order valence-electron chi connectivity index (χ2n) is 5.94. The molecule has 0 radical (unpaired) electrons. The number of hydrogen-bond acceptors (Lipinski definition) is 3. The van der Waals surface area contributed by atoms with Gasteiger partial charge in [0.2, 0.25) is 5.91 Å². The lowest BCUT2D eigenvalue weighted by molar-refractivity contribution is -0.136. The predicted octanol–water partition coefficient (Wildman–Crippen LogP) is 2.35. The molecule has 0 bridgehead atoms. The smallest absolute Gasteiger partial charge is 0.222 e. The molecule has 2 N–H and O–H groups in total. The quantitative estimate of drug-likeness (QED) is 0.905. The highest BCUT2D eigenvalue weighted by Crippen LogP contribution is 2.21. The van der Waals surface area contributed by atoms with Crippen LogP contribution in [0.1, 0.15) is 37.8 Å². The molecule has 1 heterocycles. The number of methoxy groups -OCH3 is 1. The third-order valence-corrected chi connectivity index (χ3v) is 4.44. The molecule has 1 amide bonds. The van der Waals surface area contributed by atoms with E-state index >= 15 is 0 Å². The molecule has 0 spiro atoms. The maximum Gasteiger partial charge on any atom is 0.222 e. The Kier molecular flexibility index (Phi) is 5.76. The summed E-state index contributed by atoms with van der Waals surface area (Å²) in [5, 5.41) is 0. The molecule has 1 aromatic rings. The number of hydrogen-bond donors (Lipinski definition) is 1. The lowest BCUT2D eigenvalue weighted by Crippen LogP contribution is -2.46. The van der Waals surface area contributed by atoms with Gasteiger partial charge in [0.1, 0.15) is 0 Å². The van der Waals surface area contributed by atoms with E-state index < -0.39 is 0 Å². The normalized spacial score (nSPS) is 23.9. The van der Waals surface area contributed by atoms with Crippen LogP contribution < -0.4 is 5.73 Å². The van der Waals surface area contributed by atoms with Crippen LogP contribution in [-0.2, 0) is 9.53 Å². The van der Waals surface area contributed by atoms with E-state index in [1.54, 1.807) is 7.11 Å². The second kappa shape index (κ2) is 7.57. The molecular formula is C17H26N2O2. The molecule has 2 rings (SSSR count). The van der Waals surface area contributed by atoms with Gasteiger partial charge in [-0.3, -0.25) is 4.79 Å². The largest absolute Gasteiger partial charge is 0.379 e. The van der Waals surface area contributed by atoms with E-state index in [2.05, 4.69) is 6.92 Å². The highest BCUT2D eigenvalue weighted by molar-refractivity contribution is 5.76. The SMILES string of the molecule is COC1CN(C(=O)CCC(N)c2ccccc2)CCC1C. The second-order valence-corrected chi connectivity index (χ2v) is 5.94. The molecule has 3 unspecified atom stereocenters. The number of carbonyl (C=O) groups excluding carboxylic acids is 1. The van der Waals surface area contributed by atoms with Gasteiger partial charge >= 0.3 is 0 Å². The number of rotatable bonds is 5. The van der Waals surface area contributed by atoms with Gasteiger partial charge in [0.25, 0.3) is 0 Å². The van der Waals surface area contributed by atoms with E-state index in [4.69, 9.17) is 10.5 Å². The van der Waals surface area contributed by atoms with Gasteiger partial charge in [0.05, 0.1) is 6.10 Å². The van der Waals surface area contributed by atoms with Gasteiger partial charge < -0.3 is 15.4 Å².